The van der Waals surface area contributed by atoms with E-state index < -0.39 is 0 Å². The van der Waals surface area contributed by atoms with Gasteiger partial charge in [-0.1, -0.05) is 51.5 Å². The van der Waals surface area contributed by atoms with Gasteiger partial charge in [0.2, 0.25) is 0 Å². The Kier molecular flexibility index (Phi) is 4.75. The zero-order valence-electron chi connectivity index (χ0n) is 16.5. The highest BCUT2D eigenvalue weighted by Gasteiger charge is 2.16. The second-order valence-corrected chi connectivity index (χ2v) is 7.45. The molecule has 0 atom stereocenters. The predicted octanol–water partition coefficient (Wildman–Crippen LogP) is 6.18. The average Bonchev–Trinajstić information content (AvgIpc) is 3.08. The number of para-hydroxylation sites is 2. The third-order valence-electron chi connectivity index (χ3n) is 5.14. The molecule has 4 aromatic rings. The molecule has 28 heavy (non-hydrogen) atoms. The summed E-state index contributed by atoms with van der Waals surface area (Å²) in [4.78, 5) is 4.77. The maximum absolute atomic E-state index is 9.81. The number of hydrogen-bond acceptors (Lipinski definition) is 3. The number of aryl methyl sites for hydroxylation is 1. The number of nitrogens with zero attached hydrogens (tertiary/aromatic N) is 3. The lowest BCUT2D eigenvalue weighted by Crippen LogP contribution is -2.04. The number of aromatic nitrogens is 2. The molecule has 1 N–H and O–H groups in total. The Morgan fingerprint density at radius 2 is 1.86 bits per heavy atom. The van der Waals surface area contributed by atoms with E-state index in [1.807, 2.05) is 24.3 Å². The van der Waals surface area contributed by atoms with Crippen LogP contribution in [0, 0.1) is 11.3 Å². The van der Waals surface area contributed by atoms with Crippen LogP contribution in [0.2, 0.25) is 0 Å². The molecule has 0 saturated carbocycles. The SMILES string of the molecule is CCCc1cc(Nc2ccc(C(C)C)cc2)n2c(nc3ccccc32)c1C#N. The van der Waals surface area contributed by atoms with E-state index in [0.717, 1.165) is 46.6 Å². The molecule has 0 bridgehead atoms. The fraction of sp³-hybridized carbons (Fsp3) is 0.250. The van der Waals surface area contributed by atoms with Crippen molar-refractivity contribution >= 4 is 28.2 Å². The van der Waals surface area contributed by atoms with Crippen molar-refractivity contribution in [1.82, 2.24) is 9.38 Å². The Morgan fingerprint density at radius 3 is 2.54 bits per heavy atom. The van der Waals surface area contributed by atoms with E-state index in [1.54, 1.807) is 0 Å². The first-order valence-corrected chi connectivity index (χ1v) is 9.82. The average molecular weight is 368 g/mol. The number of pyridine rings is 1. The van der Waals surface area contributed by atoms with Crippen molar-refractivity contribution in [2.24, 2.45) is 0 Å². The highest BCUT2D eigenvalue weighted by Crippen LogP contribution is 2.29. The van der Waals surface area contributed by atoms with E-state index in [2.05, 4.69) is 66.9 Å². The fourth-order valence-corrected chi connectivity index (χ4v) is 3.66. The molecule has 0 aliphatic rings. The molecule has 0 spiro atoms. The topological polar surface area (TPSA) is 53.1 Å². The van der Waals surface area contributed by atoms with Gasteiger partial charge in [0.15, 0.2) is 5.65 Å². The summed E-state index contributed by atoms with van der Waals surface area (Å²) in [6, 6.07) is 21.0. The molecule has 2 heterocycles. The van der Waals surface area contributed by atoms with Gasteiger partial charge in [-0.3, -0.25) is 4.40 Å². The second kappa shape index (κ2) is 7.36. The molecule has 2 aromatic heterocycles. The number of anilines is 2. The molecule has 0 saturated heterocycles. The molecule has 4 nitrogen and oxygen atoms in total. The van der Waals surface area contributed by atoms with E-state index in [1.165, 1.54) is 5.56 Å². The van der Waals surface area contributed by atoms with Gasteiger partial charge in [0.1, 0.15) is 11.9 Å². The smallest absolute Gasteiger partial charge is 0.157 e. The van der Waals surface area contributed by atoms with Gasteiger partial charge in [-0.15, -0.1) is 0 Å². The Morgan fingerprint density at radius 1 is 1.11 bits per heavy atom. The van der Waals surface area contributed by atoms with Crippen LogP contribution < -0.4 is 5.32 Å². The van der Waals surface area contributed by atoms with Crippen molar-refractivity contribution < 1.29 is 0 Å². The van der Waals surface area contributed by atoms with Crippen molar-refractivity contribution in [2.45, 2.75) is 39.5 Å². The van der Waals surface area contributed by atoms with Crippen LogP contribution in [-0.4, -0.2) is 9.38 Å². The number of fused-ring (bicyclic) bond motifs is 3. The number of rotatable bonds is 5. The van der Waals surface area contributed by atoms with E-state index >= 15 is 0 Å². The predicted molar refractivity (Wildman–Crippen MR) is 115 cm³/mol. The van der Waals surface area contributed by atoms with Gasteiger partial charge in [-0.2, -0.15) is 5.26 Å². The maximum atomic E-state index is 9.81. The van der Waals surface area contributed by atoms with Crippen LogP contribution in [0.15, 0.2) is 54.6 Å². The number of hydrogen-bond donors (Lipinski definition) is 1. The summed E-state index contributed by atoms with van der Waals surface area (Å²) in [6.45, 7) is 6.52. The first-order chi connectivity index (χ1) is 13.6. The lowest BCUT2D eigenvalue weighted by atomic mass is 10.0. The van der Waals surface area contributed by atoms with Gasteiger partial charge in [0.25, 0.3) is 0 Å². The number of benzene rings is 2. The summed E-state index contributed by atoms with van der Waals surface area (Å²) in [5.74, 6) is 1.44. The normalized spacial score (nSPS) is 11.2. The Hall–Kier alpha value is -3.32. The highest BCUT2D eigenvalue weighted by molar-refractivity contribution is 5.85. The molecule has 4 heteroatoms. The number of imidazole rings is 1. The first-order valence-electron chi connectivity index (χ1n) is 9.82. The van der Waals surface area contributed by atoms with Crippen molar-refractivity contribution in [3.05, 3.63) is 71.3 Å². The van der Waals surface area contributed by atoms with Gasteiger partial charge in [-0.05, 0) is 53.8 Å². The molecule has 4 rings (SSSR count). The standard InChI is InChI=1S/C24H24N4/c1-4-7-18-14-23(26-19-12-10-17(11-13-19)16(2)3)28-22-9-6-5-8-21(22)27-24(28)20(18)15-25/h5-6,8-14,16,26H,4,7H2,1-3H3. The summed E-state index contributed by atoms with van der Waals surface area (Å²) in [6.07, 6.45) is 1.83. The molecule has 0 radical (unpaired) electrons. The quantitative estimate of drug-likeness (QED) is 0.458. The first kappa shape index (κ1) is 18.1. The largest absolute Gasteiger partial charge is 0.341 e. The van der Waals surface area contributed by atoms with Gasteiger partial charge in [-0.25, -0.2) is 4.98 Å². The lowest BCUT2D eigenvalue weighted by Gasteiger charge is -2.14. The summed E-state index contributed by atoms with van der Waals surface area (Å²) in [7, 11) is 0. The molecule has 0 aliphatic carbocycles. The minimum atomic E-state index is 0.504. The molecule has 2 aromatic carbocycles. The van der Waals surface area contributed by atoms with Crippen LogP contribution in [0.4, 0.5) is 11.5 Å². The van der Waals surface area contributed by atoms with E-state index in [0.29, 0.717) is 11.5 Å². The van der Waals surface area contributed by atoms with Crippen LogP contribution in [0.1, 0.15) is 49.8 Å². The maximum Gasteiger partial charge on any atom is 0.157 e. The summed E-state index contributed by atoms with van der Waals surface area (Å²) in [5.41, 5.74) is 6.65. The minimum Gasteiger partial charge on any atom is -0.341 e. The summed E-state index contributed by atoms with van der Waals surface area (Å²) < 4.78 is 2.06. The lowest BCUT2D eigenvalue weighted by molar-refractivity contribution is 0.867. The van der Waals surface area contributed by atoms with Crippen molar-refractivity contribution in [3.8, 4) is 6.07 Å². The molecule has 0 unspecified atom stereocenters. The fourth-order valence-electron chi connectivity index (χ4n) is 3.66. The molecular weight excluding hydrogens is 344 g/mol. The third-order valence-corrected chi connectivity index (χ3v) is 5.14. The monoisotopic (exact) mass is 368 g/mol. The second-order valence-electron chi connectivity index (χ2n) is 7.45. The zero-order valence-corrected chi connectivity index (χ0v) is 16.5. The van der Waals surface area contributed by atoms with E-state index in [9.17, 15) is 5.26 Å². The molecule has 0 amide bonds. The summed E-state index contributed by atoms with van der Waals surface area (Å²) >= 11 is 0. The zero-order chi connectivity index (χ0) is 19.7. The minimum absolute atomic E-state index is 0.504. The van der Waals surface area contributed by atoms with Gasteiger partial charge < -0.3 is 5.32 Å². The summed E-state index contributed by atoms with van der Waals surface area (Å²) in [5, 5.41) is 13.4. The van der Waals surface area contributed by atoms with Crippen LogP contribution in [0.3, 0.4) is 0 Å². The van der Waals surface area contributed by atoms with E-state index in [4.69, 9.17) is 4.98 Å². The van der Waals surface area contributed by atoms with E-state index in [-0.39, 0.29) is 0 Å². The number of nitriles is 1. The van der Waals surface area contributed by atoms with Crippen molar-refractivity contribution in [3.63, 3.8) is 0 Å². The van der Waals surface area contributed by atoms with Gasteiger partial charge in [0, 0.05) is 5.69 Å². The molecule has 0 aliphatic heterocycles. The van der Waals surface area contributed by atoms with Crippen LogP contribution in [0.25, 0.3) is 16.7 Å². The third kappa shape index (κ3) is 3.10. The van der Waals surface area contributed by atoms with Crippen molar-refractivity contribution in [2.75, 3.05) is 5.32 Å². The van der Waals surface area contributed by atoms with Crippen LogP contribution >= 0.6 is 0 Å². The van der Waals surface area contributed by atoms with Crippen molar-refractivity contribution in [1.29, 1.82) is 5.26 Å². The van der Waals surface area contributed by atoms with Crippen LogP contribution in [-0.2, 0) is 6.42 Å². The molecule has 140 valence electrons. The Balaban J connectivity index is 1.92. The Labute approximate surface area is 165 Å². The number of nitrogens with one attached hydrogen (secondary N) is 1. The van der Waals surface area contributed by atoms with Gasteiger partial charge in [0.05, 0.1) is 16.6 Å². The molecule has 0 fully saturated rings. The highest BCUT2D eigenvalue weighted by atomic mass is 15.1. The van der Waals surface area contributed by atoms with Gasteiger partial charge >= 0.3 is 0 Å². The van der Waals surface area contributed by atoms with Crippen LogP contribution in [0.5, 0.6) is 0 Å². The molecular formula is C24H24N4. The Bertz CT molecular complexity index is 1180.